The predicted octanol–water partition coefficient (Wildman–Crippen LogP) is 4.68. The number of thiophene rings is 1. The summed E-state index contributed by atoms with van der Waals surface area (Å²) in [6.45, 7) is 7.49. The van der Waals surface area contributed by atoms with Crippen LogP contribution in [0.3, 0.4) is 0 Å². The molecule has 0 spiro atoms. The number of hydrogen-bond donors (Lipinski definition) is 1. The number of nitrogens with one attached hydrogen (secondary N) is 1. The Hall–Kier alpha value is -2.42. The number of ether oxygens (including phenoxy) is 2. The van der Waals surface area contributed by atoms with Gasteiger partial charge in [0.1, 0.15) is 16.1 Å². The van der Waals surface area contributed by atoms with Crippen molar-refractivity contribution in [2.75, 3.05) is 25.2 Å². The van der Waals surface area contributed by atoms with Crippen molar-refractivity contribution in [3.8, 4) is 5.75 Å². The summed E-state index contributed by atoms with van der Waals surface area (Å²) in [6, 6.07) is 7.69. The zero-order valence-electron chi connectivity index (χ0n) is 19.3. The van der Waals surface area contributed by atoms with Crippen molar-refractivity contribution in [2.45, 2.75) is 45.3 Å². The van der Waals surface area contributed by atoms with Gasteiger partial charge in [-0.2, -0.15) is 0 Å². The van der Waals surface area contributed by atoms with Gasteiger partial charge in [0.05, 0.1) is 18.7 Å². The summed E-state index contributed by atoms with van der Waals surface area (Å²) in [6.07, 6.45) is 2.44. The van der Waals surface area contributed by atoms with Gasteiger partial charge >= 0.3 is 5.97 Å². The number of halogens is 1. The van der Waals surface area contributed by atoms with Gasteiger partial charge < -0.3 is 14.4 Å². The van der Waals surface area contributed by atoms with Crippen LogP contribution in [0.15, 0.2) is 35.8 Å². The fourth-order valence-electron chi connectivity index (χ4n) is 4.53. The lowest BCUT2D eigenvalue weighted by Crippen LogP contribution is -2.66. The first-order valence-electron chi connectivity index (χ1n) is 11.1. The average molecular weight is 489 g/mol. The van der Waals surface area contributed by atoms with E-state index in [1.54, 1.807) is 18.4 Å². The van der Waals surface area contributed by atoms with Crippen molar-refractivity contribution >= 4 is 45.1 Å². The van der Waals surface area contributed by atoms with E-state index in [4.69, 9.17) is 26.1 Å². The number of fused-ring (bicyclic) bond motifs is 1. The van der Waals surface area contributed by atoms with Gasteiger partial charge in [-0.05, 0) is 49.4 Å². The van der Waals surface area contributed by atoms with Crippen molar-refractivity contribution < 1.29 is 14.3 Å². The van der Waals surface area contributed by atoms with Crippen LogP contribution in [-0.4, -0.2) is 47.8 Å². The second-order valence-corrected chi connectivity index (χ2v) is 9.64. The van der Waals surface area contributed by atoms with Crippen LogP contribution in [0, 0.1) is 5.92 Å². The summed E-state index contributed by atoms with van der Waals surface area (Å²) in [4.78, 5) is 25.8. The van der Waals surface area contributed by atoms with Gasteiger partial charge in [-0.15, -0.1) is 11.3 Å². The minimum Gasteiger partial charge on any atom is -0.495 e. The fourth-order valence-corrected chi connectivity index (χ4v) is 5.54. The highest BCUT2D eigenvalue weighted by atomic mass is 35.5. The van der Waals surface area contributed by atoms with Gasteiger partial charge in [-0.25, -0.2) is 9.97 Å². The van der Waals surface area contributed by atoms with Gasteiger partial charge in [0.15, 0.2) is 0 Å². The molecule has 1 saturated heterocycles. The van der Waals surface area contributed by atoms with E-state index in [1.165, 1.54) is 0 Å². The first kappa shape index (κ1) is 23.7. The number of carbonyl (C=O) groups excluding carboxylic acids is 1. The molecule has 3 atom stereocenters. The van der Waals surface area contributed by atoms with Crippen molar-refractivity contribution in [3.63, 3.8) is 0 Å². The van der Waals surface area contributed by atoms with E-state index < -0.39 is 5.54 Å². The maximum absolute atomic E-state index is 13.3. The molecule has 0 bridgehead atoms. The quantitative estimate of drug-likeness (QED) is 0.484. The van der Waals surface area contributed by atoms with Gasteiger partial charge in [0, 0.05) is 36.6 Å². The maximum atomic E-state index is 13.3. The van der Waals surface area contributed by atoms with Gasteiger partial charge in [-0.3, -0.25) is 10.1 Å². The van der Waals surface area contributed by atoms with Crippen molar-refractivity contribution in [1.29, 1.82) is 0 Å². The van der Waals surface area contributed by atoms with Crippen LogP contribution in [0.4, 0.5) is 5.95 Å². The number of benzene rings is 1. The second-order valence-electron chi connectivity index (χ2n) is 8.34. The van der Waals surface area contributed by atoms with Gasteiger partial charge in [-0.1, -0.05) is 24.6 Å². The smallest absolute Gasteiger partial charge is 0.326 e. The van der Waals surface area contributed by atoms with Crippen LogP contribution in [-0.2, 0) is 16.1 Å². The van der Waals surface area contributed by atoms with E-state index in [0.717, 1.165) is 15.8 Å². The maximum Gasteiger partial charge on any atom is 0.326 e. The molecule has 1 aliphatic heterocycles. The van der Waals surface area contributed by atoms with E-state index in [-0.39, 0.29) is 17.9 Å². The fraction of sp³-hybridized carbons (Fsp3) is 0.458. The number of piperidine rings is 1. The van der Waals surface area contributed by atoms with E-state index in [0.29, 0.717) is 42.8 Å². The molecule has 9 heteroatoms. The largest absolute Gasteiger partial charge is 0.495 e. The number of hydrogen-bond acceptors (Lipinski definition) is 8. The first-order valence-corrected chi connectivity index (χ1v) is 12.4. The van der Waals surface area contributed by atoms with Crippen LogP contribution in [0.5, 0.6) is 5.75 Å². The third-order valence-electron chi connectivity index (χ3n) is 6.66. The Bertz CT molecular complexity index is 1140. The second kappa shape index (κ2) is 9.83. The van der Waals surface area contributed by atoms with Crippen LogP contribution < -0.4 is 15.0 Å². The summed E-state index contributed by atoms with van der Waals surface area (Å²) in [5.74, 6) is 1.04. The molecule has 1 fully saturated rings. The third-order valence-corrected chi connectivity index (χ3v) is 7.77. The number of rotatable bonds is 7. The zero-order chi connectivity index (χ0) is 23.6. The third kappa shape index (κ3) is 4.52. The number of carbonyl (C=O) groups is 1. The summed E-state index contributed by atoms with van der Waals surface area (Å²) in [5, 5.41) is 7.14. The number of aromatic nitrogens is 2. The molecule has 0 saturated carbocycles. The van der Waals surface area contributed by atoms with Crippen molar-refractivity contribution in [1.82, 2.24) is 15.3 Å². The van der Waals surface area contributed by atoms with Crippen LogP contribution in [0.2, 0.25) is 5.02 Å². The molecule has 1 N–H and O–H groups in total. The molecule has 2 aromatic heterocycles. The molecular weight excluding hydrogens is 460 g/mol. The van der Waals surface area contributed by atoms with E-state index >= 15 is 0 Å². The lowest BCUT2D eigenvalue weighted by molar-refractivity contribution is -0.155. The summed E-state index contributed by atoms with van der Waals surface area (Å²) >= 11 is 7.91. The lowest BCUT2D eigenvalue weighted by Gasteiger charge is -2.49. The van der Waals surface area contributed by atoms with Crippen LogP contribution in [0.1, 0.15) is 32.8 Å². The standard InChI is InChI=1S/C24H29ClN4O3S/c1-5-32-22(30)24(27-13-17-6-7-20(31-4)19(25)12-17)9-10-29(16(3)15(24)2)23-26-14-18-8-11-33-21(18)28-23/h6-8,11-12,14-16,27H,5,9-10,13H2,1-4H3. The Kier molecular flexibility index (Phi) is 7.07. The SMILES string of the molecule is CCOC(=O)C1(NCc2ccc(OC)c(Cl)c2)CCN(c2ncc3ccsc3n2)C(C)C1C. The highest BCUT2D eigenvalue weighted by Crippen LogP contribution is 2.36. The topological polar surface area (TPSA) is 76.6 Å². The molecule has 3 heterocycles. The predicted molar refractivity (Wildman–Crippen MR) is 132 cm³/mol. The molecule has 3 unspecified atom stereocenters. The first-order chi connectivity index (χ1) is 15.9. The summed E-state index contributed by atoms with van der Waals surface area (Å²) < 4.78 is 10.8. The Morgan fingerprint density at radius 1 is 1.36 bits per heavy atom. The van der Waals surface area contributed by atoms with Crippen LogP contribution in [0.25, 0.3) is 10.2 Å². The molecular formula is C24H29ClN4O3S. The van der Waals surface area contributed by atoms with Crippen LogP contribution >= 0.6 is 22.9 Å². The summed E-state index contributed by atoms with van der Waals surface area (Å²) in [7, 11) is 1.59. The van der Waals surface area contributed by atoms with Gasteiger partial charge in [0.2, 0.25) is 5.95 Å². The Balaban J connectivity index is 1.58. The number of methoxy groups -OCH3 is 1. The zero-order valence-corrected chi connectivity index (χ0v) is 20.9. The summed E-state index contributed by atoms with van der Waals surface area (Å²) in [5.41, 5.74) is 0.143. The highest BCUT2D eigenvalue weighted by Gasteiger charge is 2.51. The molecule has 33 heavy (non-hydrogen) atoms. The molecule has 1 aromatic carbocycles. The molecule has 1 aliphatic rings. The highest BCUT2D eigenvalue weighted by molar-refractivity contribution is 7.16. The molecule has 4 rings (SSSR count). The van der Waals surface area contributed by atoms with Crippen molar-refractivity contribution in [3.05, 3.63) is 46.4 Å². The Labute approximate surface area is 203 Å². The molecule has 176 valence electrons. The average Bonchev–Trinajstić information content (AvgIpc) is 3.28. The molecule has 0 amide bonds. The molecule has 7 nitrogen and oxygen atoms in total. The number of esters is 1. The normalized spacial score (nSPS) is 23.0. The molecule has 0 radical (unpaired) electrons. The molecule has 0 aliphatic carbocycles. The van der Waals surface area contributed by atoms with Gasteiger partial charge in [0.25, 0.3) is 0 Å². The van der Waals surface area contributed by atoms with E-state index in [2.05, 4.69) is 29.0 Å². The van der Waals surface area contributed by atoms with E-state index in [1.807, 2.05) is 42.8 Å². The minimum atomic E-state index is -0.828. The van der Waals surface area contributed by atoms with E-state index in [9.17, 15) is 4.79 Å². The van der Waals surface area contributed by atoms with Crippen molar-refractivity contribution in [2.24, 2.45) is 5.92 Å². The number of nitrogens with zero attached hydrogens (tertiary/aromatic N) is 3. The Morgan fingerprint density at radius 2 is 2.18 bits per heavy atom. The number of anilines is 1. The minimum absolute atomic E-state index is 0.0209. The Morgan fingerprint density at radius 3 is 2.91 bits per heavy atom. The molecule has 3 aromatic rings. The monoisotopic (exact) mass is 488 g/mol. The lowest BCUT2D eigenvalue weighted by atomic mass is 9.74.